The van der Waals surface area contributed by atoms with Gasteiger partial charge in [-0.05, 0) is 120 Å². The summed E-state index contributed by atoms with van der Waals surface area (Å²) in [5, 5.41) is 4.29. The van der Waals surface area contributed by atoms with E-state index in [0.717, 1.165) is 21.9 Å². The van der Waals surface area contributed by atoms with Crippen LogP contribution in [0.25, 0.3) is 42.4 Å². The summed E-state index contributed by atoms with van der Waals surface area (Å²) < 4.78 is 2.70. The second kappa shape index (κ2) is 7.41. The number of hydrogen-bond donors (Lipinski definition) is 0. The summed E-state index contributed by atoms with van der Waals surface area (Å²) in [5.74, 6) is 3.25. The van der Waals surface area contributed by atoms with E-state index < -0.39 is 0 Å². The van der Waals surface area contributed by atoms with Crippen molar-refractivity contribution in [3.8, 4) is 22.3 Å². The number of benzene rings is 4. The predicted octanol–water partition coefficient (Wildman–Crippen LogP) is 10.8. The maximum atomic E-state index is 7.04. The normalized spacial score (nSPS) is 28.9. The van der Waals surface area contributed by atoms with Crippen LogP contribution in [0.5, 0.6) is 0 Å². The minimum atomic E-state index is 0.0820. The van der Waals surface area contributed by atoms with Crippen molar-refractivity contribution in [3.05, 3.63) is 94.0 Å². The summed E-state index contributed by atoms with van der Waals surface area (Å²) >= 11 is 15.6. The Hall–Kier alpha value is -2.32. The Bertz CT molecular complexity index is 1750. The van der Waals surface area contributed by atoms with Crippen molar-refractivity contribution in [2.24, 2.45) is 23.7 Å². The highest BCUT2D eigenvalue weighted by atomic mass is 35.5. The lowest BCUT2D eigenvalue weighted by molar-refractivity contribution is -0.0399. The van der Waals surface area contributed by atoms with Crippen LogP contribution in [0, 0.1) is 23.7 Å². The number of rotatable bonds is 1. The van der Waals surface area contributed by atoms with Crippen LogP contribution in [-0.2, 0) is 5.41 Å². The second-order valence-corrected chi connectivity index (χ2v) is 14.0. The molecule has 4 fully saturated rings. The molecular weight excluding hydrogens is 511 g/mol. The third-order valence-electron chi connectivity index (χ3n) is 10.4. The van der Waals surface area contributed by atoms with Gasteiger partial charge in [0.05, 0.1) is 5.02 Å². The molecule has 1 heterocycles. The summed E-state index contributed by atoms with van der Waals surface area (Å²) in [4.78, 5) is 0. The second-order valence-electron chi connectivity index (χ2n) is 12.1. The van der Waals surface area contributed by atoms with Crippen molar-refractivity contribution in [2.75, 3.05) is 0 Å². The third-order valence-corrected chi connectivity index (χ3v) is 12.0. The first kappa shape index (κ1) is 21.6. The van der Waals surface area contributed by atoms with E-state index in [1.54, 1.807) is 0 Å². The highest BCUT2D eigenvalue weighted by Crippen LogP contribution is 2.70. The molecule has 4 bridgehead atoms. The first-order valence-electron chi connectivity index (χ1n) is 13.7. The standard InChI is InChI=1S/C34H26Cl2S/c35-24-16-29-33(30(36)17-24)27-15-20(21-6-8-32-26(14-21)25-3-1-2-4-31(25)37-32)5-7-28(27)34(29)22-10-18-9-19(12-22)13-23(34)11-18/h1-8,14-19,22-23H,9-13H2. The van der Waals surface area contributed by atoms with Crippen LogP contribution in [0.1, 0.15) is 43.2 Å². The van der Waals surface area contributed by atoms with E-state index >= 15 is 0 Å². The van der Waals surface area contributed by atoms with Gasteiger partial charge in [0.25, 0.3) is 0 Å². The Morgan fingerprint density at radius 3 is 2.16 bits per heavy atom. The fourth-order valence-corrected chi connectivity index (χ4v) is 11.0. The number of halogens is 2. The number of fused-ring (bicyclic) bond motifs is 6. The first-order chi connectivity index (χ1) is 18.1. The van der Waals surface area contributed by atoms with Gasteiger partial charge in [-0.25, -0.2) is 0 Å². The third kappa shape index (κ3) is 2.76. The van der Waals surface area contributed by atoms with E-state index in [1.807, 2.05) is 17.4 Å². The Morgan fingerprint density at radius 1 is 0.649 bits per heavy atom. The Balaban J connectivity index is 1.28. The predicted molar refractivity (Wildman–Crippen MR) is 158 cm³/mol. The lowest BCUT2D eigenvalue weighted by Crippen LogP contribution is -2.55. The highest BCUT2D eigenvalue weighted by Gasteiger charge is 2.61. The van der Waals surface area contributed by atoms with Crippen LogP contribution >= 0.6 is 34.5 Å². The SMILES string of the molecule is Clc1cc(Cl)c2c(c1)C1(c3ccc(-c4ccc5sc6ccccc6c5c4)cc3-2)C2CC3CC(C2)CC1C3. The quantitative estimate of drug-likeness (QED) is 0.200. The molecule has 5 aliphatic rings. The van der Waals surface area contributed by atoms with Gasteiger partial charge >= 0.3 is 0 Å². The molecule has 10 rings (SSSR count). The van der Waals surface area contributed by atoms with Crippen molar-refractivity contribution < 1.29 is 0 Å². The molecule has 0 amide bonds. The topological polar surface area (TPSA) is 0 Å². The van der Waals surface area contributed by atoms with Gasteiger partial charge in [-0.3, -0.25) is 0 Å². The molecule has 3 heteroatoms. The van der Waals surface area contributed by atoms with Crippen molar-refractivity contribution in [3.63, 3.8) is 0 Å². The molecule has 4 aromatic carbocycles. The van der Waals surface area contributed by atoms with E-state index in [4.69, 9.17) is 23.2 Å². The van der Waals surface area contributed by atoms with Crippen LogP contribution < -0.4 is 0 Å². The van der Waals surface area contributed by atoms with E-state index in [1.165, 1.54) is 85.7 Å². The van der Waals surface area contributed by atoms with Gasteiger partial charge in [0.15, 0.2) is 0 Å². The number of hydrogen-bond acceptors (Lipinski definition) is 1. The Morgan fingerprint density at radius 2 is 1.35 bits per heavy atom. The molecule has 0 aliphatic heterocycles. The fourth-order valence-electron chi connectivity index (χ4n) is 9.32. The molecule has 5 aliphatic carbocycles. The molecule has 182 valence electrons. The fraction of sp³-hybridized carbons (Fsp3) is 0.294. The van der Waals surface area contributed by atoms with Crippen molar-refractivity contribution in [2.45, 2.75) is 37.5 Å². The molecule has 4 saturated carbocycles. The smallest absolute Gasteiger partial charge is 0.0502 e. The monoisotopic (exact) mass is 536 g/mol. The minimum absolute atomic E-state index is 0.0820. The molecule has 0 atom stereocenters. The molecule has 0 radical (unpaired) electrons. The zero-order valence-corrected chi connectivity index (χ0v) is 22.8. The largest absolute Gasteiger partial charge is 0.135 e. The first-order valence-corrected chi connectivity index (χ1v) is 15.2. The average molecular weight is 538 g/mol. The van der Waals surface area contributed by atoms with Crippen molar-refractivity contribution >= 4 is 54.7 Å². The lowest BCUT2D eigenvalue weighted by atomic mass is 9.43. The van der Waals surface area contributed by atoms with Crippen LogP contribution in [0.3, 0.4) is 0 Å². The van der Waals surface area contributed by atoms with Gasteiger partial charge in [0.1, 0.15) is 0 Å². The summed E-state index contributed by atoms with van der Waals surface area (Å²) in [6.07, 6.45) is 6.90. The van der Waals surface area contributed by atoms with Gasteiger partial charge in [-0.2, -0.15) is 0 Å². The Labute approximate surface area is 231 Å². The molecular formula is C34H26Cl2S. The zero-order chi connectivity index (χ0) is 24.5. The lowest BCUT2D eigenvalue weighted by Gasteiger charge is -2.61. The van der Waals surface area contributed by atoms with Gasteiger partial charge in [-0.1, -0.05) is 59.6 Å². The number of thiophene rings is 1. The van der Waals surface area contributed by atoms with E-state index in [0.29, 0.717) is 11.8 Å². The molecule has 5 aromatic rings. The molecule has 0 unspecified atom stereocenters. The van der Waals surface area contributed by atoms with E-state index in [9.17, 15) is 0 Å². The average Bonchev–Trinajstić information content (AvgIpc) is 3.40. The summed E-state index contributed by atoms with van der Waals surface area (Å²) in [7, 11) is 0. The van der Waals surface area contributed by atoms with Crippen LogP contribution in [0.2, 0.25) is 10.0 Å². The van der Waals surface area contributed by atoms with Crippen LogP contribution in [0.4, 0.5) is 0 Å². The summed E-state index contributed by atoms with van der Waals surface area (Å²) in [6, 6.07) is 27.2. The van der Waals surface area contributed by atoms with Gasteiger partial charge in [0.2, 0.25) is 0 Å². The van der Waals surface area contributed by atoms with Crippen LogP contribution in [0.15, 0.2) is 72.8 Å². The van der Waals surface area contributed by atoms with E-state index in [2.05, 4.69) is 66.7 Å². The zero-order valence-electron chi connectivity index (χ0n) is 20.4. The van der Waals surface area contributed by atoms with Gasteiger partial charge in [0, 0.05) is 36.2 Å². The van der Waals surface area contributed by atoms with Gasteiger partial charge < -0.3 is 0 Å². The van der Waals surface area contributed by atoms with Crippen LogP contribution in [-0.4, -0.2) is 0 Å². The maximum Gasteiger partial charge on any atom is 0.0502 e. The maximum absolute atomic E-state index is 7.04. The summed E-state index contributed by atoms with van der Waals surface area (Å²) in [6.45, 7) is 0. The Kier molecular flexibility index (Phi) is 4.32. The molecule has 0 N–H and O–H groups in total. The van der Waals surface area contributed by atoms with Gasteiger partial charge in [-0.15, -0.1) is 11.3 Å². The van der Waals surface area contributed by atoms with Crippen molar-refractivity contribution in [1.29, 1.82) is 0 Å². The summed E-state index contributed by atoms with van der Waals surface area (Å²) in [5.41, 5.74) is 8.16. The molecule has 37 heavy (non-hydrogen) atoms. The molecule has 1 aromatic heterocycles. The molecule has 0 nitrogen and oxygen atoms in total. The molecule has 0 saturated heterocycles. The molecule has 1 spiro atoms. The van der Waals surface area contributed by atoms with Crippen molar-refractivity contribution in [1.82, 2.24) is 0 Å². The van der Waals surface area contributed by atoms with E-state index in [-0.39, 0.29) is 5.41 Å². The highest BCUT2D eigenvalue weighted by molar-refractivity contribution is 7.25. The minimum Gasteiger partial charge on any atom is -0.135 e.